The number of benzene rings is 1. The first-order valence-corrected chi connectivity index (χ1v) is 6.16. The number of hydrogen-bond acceptors (Lipinski definition) is 4. The second-order valence-corrected chi connectivity index (χ2v) is 4.28. The van der Waals surface area contributed by atoms with Crippen molar-refractivity contribution in [1.82, 2.24) is 14.8 Å². The molecule has 102 valence electrons. The summed E-state index contributed by atoms with van der Waals surface area (Å²) in [7, 11) is 3.39. The largest absolute Gasteiger partial charge is 0.287 e. The smallest absolute Gasteiger partial charge is 0.241 e. The lowest BCUT2D eigenvalue weighted by Crippen LogP contribution is -2.26. The van der Waals surface area contributed by atoms with E-state index in [4.69, 9.17) is 0 Å². The van der Waals surface area contributed by atoms with E-state index < -0.39 is 0 Å². The van der Waals surface area contributed by atoms with Gasteiger partial charge in [-0.2, -0.15) is 5.10 Å². The minimum atomic E-state index is -0.0520. The van der Waals surface area contributed by atoms with Crippen LogP contribution in [0.15, 0.2) is 36.3 Å². The van der Waals surface area contributed by atoms with Gasteiger partial charge < -0.3 is 0 Å². The fraction of sp³-hybridized carbons (Fsp3) is 0.200. The molecule has 0 amide bonds. The number of hydrogen-bond donors (Lipinski definition) is 0. The lowest BCUT2D eigenvalue weighted by Gasteiger charge is -2.01. The summed E-state index contributed by atoms with van der Waals surface area (Å²) in [5.74, 6) is -0.0520. The van der Waals surface area contributed by atoms with E-state index in [1.807, 2.05) is 25.1 Å². The van der Waals surface area contributed by atoms with Gasteiger partial charge in [0.2, 0.25) is 11.4 Å². The van der Waals surface area contributed by atoms with E-state index in [1.54, 1.807) is 14.1 Å². The van der Waals surface area contributed by atoms with Crippen molar-refractivity contribution in [2.45, 2.75) is 6.92 Å². The highest BCUT2D eigenvalue weighted by atomic mass is 16.1. The number of rotatable bonds is 0. The minimum absolute atomic E-state index is 0.0520. The van der Waals surface area contributed by atoms with Crippen LogP contribution < -0.4 is 5.62 Å². The number of ketones is 1. The van der Waals surface area contributed by atoms with Crippen LogP contribution in [-0.2, 0) is 7.05 Å². The number of aryl methyl sites for hydroxylation is 2. The fourth-order valence-electron chi connectivity index (χ4n) is 2.29. The Morgan fingerprint density at radius 3 is 2.60 bits per heavy atom. The number of carbonyl (C=O) groups is 1. The van der Waals surface area contributed by atoms with E-state index >= 15 is 0 Å². The molecule has 20 heavy (non-hydrogen) atoms. The summed E-state index contributed by atoms with van der Waals surface area (Å²) in [6.45, 7) is 7.92. The summed E-state index contributed by atoms with van der Waals surface area (Å²) in [6.07, 6.45) is 0. The van der Waals surface area contributed by atoms with Crippen molar-refractivity contribution in [3.05, 3.63) is 53.8 Å². The van der Waals surface area contributed by atoms with E-state index in [-0.39, 0.29) is 5.78 Å². The molecule has 1 aliphatic carbocycles. The van der Waals surface area contributed by atoms with Crippen LogP contribution in [0.1, 0.15) is 21.6 Å². The monoisotopic (exact) mass is 268 g/mol. The van der Waals surface area contributed by atoms with Crippen LogP contribution in [0.25, 0.3) is 11.3 Å². The van der Waals surface area contributed by atoms with Gasteiger partial charge >= 0.3 is 0 Å². The average Bonchev–Trinajstić information content (AvgIpc) is 2.74. The summed E-state index contributed by atoms with van der Waals surface area (Å²) in [6, 6.07) is 5.75. The van der Waals surface area contributed by atoms with E-state index in [0.717, 1.165) is 11.1 Å². The van der Waals surface area contributed by atoms with Crippen molar-refractivity contribution in [1.29, 1.82) is 0 Å². The van der Waals surface area contributed by atoms with Crippen molar-refractivity contribution in [2.24, 2.45) is 12.0 Å². The van der Waals surface area contributed by atoms with E-state index in [0.29, 0.717) is 22.6 Å². The maximum Gasteiger partial charge on any atom is 0.241 e. The SMILES string of the molecule is C=C.CN=c1nc2c(nn1C)C(=O)c1c(C)cccc1-2. The Hall–Kier alpha value is -2.56. The third kappa shape index (κ3) is 1.87. The van der Waals surface area contributed by atoms with Gasteiger partial charge in [-0.1, -0.05) is 18.2 Å². The van der Waals surface area contributed by atoms with Crippen LogP contribution in [0.5, 0.6) is 0 Å². The van der Waals surface area contributed by atoms with Gasteiger partial charge in [-0.25, -0.2) is 9.67 Å². The Bertz CT molecular complexity index is 759. The predicted octanol–water partition coefficient (Wildman–Crippen LogP) is 1.67. The summed E-state index contributed by atoms with van der Waals surface area (Å²) in [4.78, 5) is 20.8. The first kappa shape index (κ1) is 13.9. The molecule has 0 aliphatic heterocycles. The second kappa shape index (κ2) is 5.21. The molecule has 0 atom stereocenters. The molecule has 0 unspecified atom stereocenters. The maximum atomic E-state index is 12.3. The quantitative estimate of drug-likeness (QED) is 0.583. The molecule has 5 heteroatoms. The van der Waals surface area contributed by atoms with Crippen molar-refractivity contribution in [2.75, 3.05) is 7.05 Å². The summed E-state index contributed by atoms with van der Waals surface area (Å²) in [5, 5.41) is 4.27. The number of carbonyl (C=O) groups excluding carboxylic acids is 1. The van der Waals surface area contributed by atoms with Crippen LogP contribution in [0, 0.1) is 6.92 Å². The highest BCUT2D eigenvalue weighted by molar-refractivity contribution is 6.20. The molecule has 1 aliphatic rings. The molecule has 5 nitrogen and oxygen atoms in total. The van der Waals surface area contributed by atoms with E-state index in [1.165, 1.54) is 4.68 Å². The minimum Gasteiger partial charge on any atom is -0.287 e. The standard InChI is InChI=1S/C13H12N4O.C2H4/c1-7-5-4-6-8-9(7)12(18)11-10(8)15-13(14-2)17(3)16-11;1-2/h4-6H,1-3H3;1-2H2. The van der Waals surface area contributed by atoms with Gasteiger partial charge in [0.25, 0.3) is 0 Å². The van der Waals surface area contributed by atoms with Gasteiger partial charge in [0.15, 0.2) is 5.69 Å². The van der Waals surface area contributed by atoms with Crippen LogP contribution >= 0.6 is 0 Å². The summed E-state index contributed by atoms with van der Waals surface area (Å²) in [5.41, 5.74) is 4.08. The third-order valence-corrected chi connectivity index (χ3v) is 3.15. The van der Waals surface area contributed by atoms with Gasteiger partial charge in [0.05, 0.1) is 0 Å². The number of fused-ring (bicyclic) bond motifs is 3. The van der Waals surface area contributed by atoms with Crippen molar-refractivity contribution in [3.8, 4) is 11.3 Å². The number of aromatic nitrogens is 3. The zero-order valence-electron chi connectivity index (χ0n) is 11.8. The highest BCUT2D eigenvalue weighted by Gasteiger charge is 2.31. The molecule has 0 N–H and O–H groups in total. The zero-order chi connectivity index (χ0) is 14.9. The normalized spacial score (nSPS) is 12.6. The lowest BCUT2D eigenvalue weighted by atomic mass is 10.0. The maximum absolute atomic E-state index is 12.3. The fourth-order valence-corrected chi connectivity index (χ4v) is 2.29. The third-order valence-electron chi connectivity index (χ3n) is 3.15. The van der Waals surface area contributed by atoms with E-state index in [2.05, 4.69) is 28.2 Å². The zero-order valence-corrected chi connectivity index (χ0v) is 11.8. The predicted molar refractivity (Wildman–Crippen MR) is 77.3 cm³/mol. The van der Waals surface area contributed by atoms with Gasteiger partial charge in [-0.3, -0.25) is 9.79 Å². The van der Waals surface area contributed by atoms with Crippen LogP contribution in [0.4, 0.5) is 0 Å². The molecule has 3 rings (SSSR count). The molecule has 0 radical (unpaired) electrons. The van der Waals surface area contributed by atoms with Gasteiger partial charge in [0.1, 0.15) is 5.69 Å². The highest BCUT2D eigenvalue weighted by Crippen LogP contribution is 2.34. The van der Waals surface area contributed by atoms with E-state index in [9.17, 15) is 4.79 Å². The molecule has 1 aromatic carbocycles. The molecule has 0 spiro atoms. The molecule has 0 saturated heterocycles. The molecule has 1 aromatic heterocycles. The van der Waals surface area contributed by atoms with Crippen LogP contribution in [0.2, 0.25) is 0 Å². The van der Waals surface area contributed by atoms with Crippen molar-refractivity contribution >= 4 is 5.78 Å². The first-order valence-electron chi connectivity index (χ1n) is 6.16. The Kier molecular flexibility index (Phi) is 3.61. The molecule has 1 heterocycles. The number of nitrogens with zero attached hydrogens (tertiary/aromatic N) is 4. The Labute approximate surface area is 117 Å². The van der Waals surface area contributed by atoms with Crippen LogP contribution in [-0.4, -0.2) is 27.6 Å². The molecular formula is C15H16N4O. The molecule has 0 saturated carbocycles. The van der Waals surface area contributed by atoms with Gasteiger partial charge in [-0.15, -0.1) is 13.2 Å². The van der Waals surface area contributed by atoms with Gasteiger partial charge in [-0.05, 0) is 12.5 Å². The summed E-state index contributed by atoms with van der Waals surface area (Å²) >= 11 is 0. The molecule has 2 aromatic rings. The average molecular weight is 268 g/mol. The molecular weight excluding hydrogens is 252 g/mol. The Balaban J connectivity index is 0.000000704. The van der Waals surface area contributed by atoms with Crippen LogP contribution in [0.3, 0.4) is 0 Å². The summed E-state index contributed by atoms with van der Waals surface area (Å²) < 4.78 is 1.53. The topological polar surface area (TPSA) is 60.1 Å². The Morgan fingerprint density at radius 2 is 1.95 bits per heavy atom. The Morgan fingerprint density at radius 1 is 1.25 bits per heavy atom. The van der Waals surface area contributed by atoms with Gasteiger partial charge in [0, 0.05) is 25.2 Å². The lowest BCUT2D eigenvalue weighted by molar-refractivity contribution is 0.103. The second-order valence-electron chi connectivity index (χ2n) is 4.28. The molecule has 0 bridgehead atoms. The molecule has 0 fully saturated rings. The van der Waals surface area contributed by atoms with Crippen molar-refractivity contribution in [3.63, 3.8) is 0 Å². The van der Waals surface area contributed by atoms with Crippen molar-refractivity contribution < 1.29 is 4.79 Å². The first-order chi connectivity index (χ1) is 9.63.